The molecule has 0 aromatic carbocycles. The molecule has 0 fully saturated rings. The van der Waals surface area contributed by atoms with Crippen LogP contribution >= 0.6 is 0 Å². The van der Waals surface area contributed by atoms with Crippen LogP contribution in [0, 0.1) is 0 Å². The summed E-state index contributed by atoms with van der Waals surface area (Å²) >= 11 is 0. The van der Waals surface area contributed by atoms with Crippen molar-refractivity contribution in [3.63, 3.8) is 0 Å². The number of allylic oxidation sites excluding steroid dienone is 1. The molecule has 0 saturated carbocycles. The van der Waals surface area contributed by atoms with Crippen molar-refractivity contribution in [1.29, 1.82) is 0 Å². The number of aliphatic imine (C=N–C) groups is 1. The maximum Gasteiger partial charge on any atom is 0.144 e. The van der Waals surface area contributed by atoms with Gasteiger partial charge in [-0.3, -0.25) is 4.99 Å². The van der Waals surface area contributed by atoms with Crippen LogP contribution in [0.3, 0.4) is 0 Å². The Balaban J connectivity index is 2.39. The second-order valence-corrected chi connectivity index (χ2v) is 1.87. The molecule has 2 nitrogen and oxygen atoms in total. The van der Waals surface area contributed by atoms with Crippen molar-refractivity contribution < 1.29 is 0 Å². The van der Waals surface area contributed by atoms with E-state index in [-0.39, 0.29) is 6.17 Å². The molecule has 2 aliphatic rings. The summed E-state index contributed by atoms with van der Waals surface area (Å²) in [7, 11) is 0. The van der Waals surface area contributed by atoms with E-state index in [9.17, 15) is 0 Å². The van der Waals surface area contributed by atoms with Gasteiger partial charge in [-0.05, 0) is 23.9 Å². The average Bonchev–Trinajstić information content (AvgIpc) is 2.15. The van der Waals surface area contributed by atoms with E-state index in [1.54, 1.807) is 0 Å². The van der Waals surface area contributed by atoms with Crippen molar-refractivity contribution in [2.24, 2.45) is 4.99 Å². The smallest absolute Gasteiger partial charge is 0.144 e. The first-order valence-electron chi connectivity index (χ1n) is 2.63. The van der Waals surface area contributed by atoms with Gasteiger partial charge >= 0.3 is 0 Å². The van der Waals surface area contributed by atoms with Gasteiger partial charge in [-0.25, -0.2) is 0 Å². The molecule has 0 bridgehead atoms. The first-order valence-corrected chi connectivity index (χ1v) is 2.63. The van der Waals surface area contributed by atoms with Gasteiger partial charge in [0, 0.05) is 6.21 Å². The molecule has 0 amide bonds. The molecule has 0 saturated heterocycles. The minimum Gasteiger partial charge on any atom is -0.366 e. The summed E-state index contributed by atoms with van der Waals surface area (Å²) in [5.41, 5.74) is 1.27. The molecule has 1 atom stereocenters. The zero-order valence-corrected chi connectivity index (χ0v) is 4.33. The Hall–Kier alpha value is -1.05. The molecule has 0 radical (unpaired) electrons. The van der Waals surface area contributed by atoms with Crippen LogP contribution in [0.1, 0.15) is 0 Å². The summed E-state index contributed by atoms with van der Waals surface area (Å²) in [5, 5.41) is 3.07. The Labute approximate surface area is 47.6 Å². The van der Waals surface area contributed by atoms with Crippen LogP contribution < -0.4 is 5.32 Å². The van der Waals surface area contributed by atoms with Crippen molar-refractivity contribution in [2.45, 2.75) is 6.17 Å². The number of nitrogens with one attached hydrogen (secondary N) is 1. The van der Waals surface area contributed by atoms with Crippen LogP contribution in [-0.4, -0.2) is 12.4 Å². The van der Waals surface area contributed by atoms with Gasteiger partial charge in [-0.15, -0.1) is 0 Å². The molecule has 8 heavy (non-hydrogen) atoms. The maximum atomic E-state index is 4.11. The summed E-state index contributed by atoms with van der Waals surface area (Å²) < 4.78 is 0. The molecule has 2 aliphatic heterocycles. The van der Waals surface area contributed by atoms with Gasteiger partial charge in [0.2, 0.25) is 0 Å². The lowest BCUT2D eigenvalue weighted by molar-refractivity contribution is 0.758. The van der Waals surface area contributed by atoms with Crippen LogP contribution in [0.4, 0.5) is 0 Å². The molecule has 0 spiro atoms. The van der Waals surface area contributed by atoms with E-state index in [0.29, 0.717) is 0 Å². The zero-order valence-electron chi connectivity index (χ0n) is 4.33. The van der Waals surface area contributed by atoms with E-state index < -0.39 is 0 Å². The second kappa shape index (κ2) is 1.22. The molecule has 2 heterocycles. The number of hydrogen-bond donors (Lipinski definition) is 1. The third-order valence-corrected chi connectivity index (χ3v) is 1.35. The van der Waals surface area contributed by atoms with Crippen LogP contribution in [0.5, 0.6) is 0 Å². The van der Waals surface area contributed by atoms with Crippen LogP contribution in [0.15, 0.2) is 28.9 Å². The molecule has 40 valence electrons. The summed E-state index contributed by atoms with van der Waals surface area (Å²) in [5.74, 6) is 0. The maximum absolute atomic E-state index is 4.11. The van der Waals surface area contributed by atoms with Crippen LogP contribution in [-0.2, 0) is 0 Å². The van der Waals surface area contributed by atoms with Crippen molar-refractivity contribution in [2.75, 3.05) is 0 Å². The lowest BCUT2D eigenvalue weighted by Crippen LogP contribution is -2.15. The molecule has 2 rings (SSSR count). The number of hydrogen-bond acceptors (Lipinski definition) is 2. The summed E-state index contributed by atoms with van der Waals surface area (Å²) in [4.78, 5) is 4.11. The Morgan fingerprint density at radius 2 is 2.62 bits per heavy atom. The van der Waals surface area contributed by atoms with Gasteiger partial charge in [-0.2, -0.15) is 0 Å². The van der Waals surface area contributed by atoms with Crippen molar-refractivity contribution in [3.8, 4) is 0 Å². The standard InChI is InChI=1S/C6H6N2/c1-3-7-6-5(1)2-4-8-6/h1-4,6-7H. The Kier molecular flexibility index (Phi) is 0.592. The molecular formula is C6H6N2. The van der Waals surface area contributed by atoms with Gasteiger partial charge in [0.1, 0.15) is 6.17 Å². The largest absolute Gasteiger partial charge is 0.366 e. The van der Waals surface area contributed by atoms with E-state index in [2.05, 4.69) is 10.3 Å². The summed E-state index contributed by atoms with van der Waals surface area (Å²) in [6.45, 7) is 0. The fourth-order valence-electron chi connectivity index (χ4n) is 0.914. The Bertz CT molecular complexity index is 189. The van der Waals surface area contributed by atoms with E-state index in [0.717, 1.165) is 0 Å². The molecular weight excluding hydrogens is 100 g/mol. The topological polar surface area (TPSA) is 24.4 Å². The summed E-state index contributed by atoms with van der Waals surface area (Å²) in [6.07, 6.45) is 8.05. The highest BCUT2D eigenvalue weighted by Gasteiger charge is 2.14. The lowest BCUT2D eigenvalue weighted by atomic mass is 10.3. The average molecular weight is 106 g/mol. The van der Waals surface area contributed by atoms with E-state index in [4.69, 9.17) is 0 Å². The highest BCUT2D eigenvalue weighted by Crippen LogP contribution is 2.14. The van der Waals surface area contributed by atoms with Crippen molar-refractivity contribution >= 4 is 6.21 Å². The second-order valence-electron chi connectivity index (χ2n) is 1.87. The van der Waals surface area contributed by atoms with Crippen LogP contribution in [0.2, 0.25) is 0 Å². The first kappa shape index (κ1) is 3.89. The predicted molar refractivity (Wildman–Crippen MR) is 32.6 cm³/mol. The van der Waals surface area contributed by atoms with Gasteiger partial charge < -0.3 is 5.32 Å². The fraction of sp³-hybridized carbons (Fsp3) is 0.167. The first-order chi connectivity index (χ1) is 3.97. The zero-order chi connectivity index (χ0) is 5.40. The number of nitrogens with zero attached hydrogens (tertiary/aromatic N) is 1. The third kappa shape index (κ3) is 0.346. The minimum absolute atomic E-state index is 0.245. The van der Waals surface area contributed by atoms with E-state index in [1.807, 2.05) is 24.6 Å². The third-order valence-electron chi connectivity index (χ3n) is 1.35. The normalized spacial score (nSPS) is 30.0. The predicted octanol–water partition coefficient (Wildman–Crippen LogP) is 0.440. The molecule has 1 N–H and O–H groups in total. The SMILES string of the molecule is C1=CC2=CC=NC2N1. The Morgan fingerprint density at radius 3 is 3.50 bits per heavy atom. The van der Waals surface area contributed by atoms with Gasteiger partial charge in [0.05, 0.1) is 0 Å². The fourth-order valence-corrected chi connectivity index (χ4v) is 0.914. The monoisotopic (exact) mass is 106 g/mol. The van der Waals surface area contributed by atoms with Gasteiger partial charge in [0.25, 0.3) is 0 Å². The molecule has 0 aliphatic carbocycles. The van der Waals surface area contributed by atoms with Gasteiger partial charge in [-0.1, -0.05) is 0 Å². The van der Waals surface area contributed by atoms with E-state index >= 15 is 0 Å². The quantitative estimate of drug-likeness (QED) is 0.476. The highest BCUT2D eigenvalue weighted by molar-refractivity contribution is 5.77. The summed E-state index contributed by atoms with van der Waals surface area (Å²) in [6, 6.07) is 0. The highest BCUT2D eigenvalue weighted by atomic mass is 15.1. The lowest BCUT2D eigenvalue weighted by Gasteiger charge is -1.99. The van der Waals surface area contributed by atoms with Crippen molar-refractivity contribution in [1.82, 2.24) is 5.32 Å². The number of fused-ring (bicyclic) bond motifs is 1. The van der Waals surface area contributed by atoms with Crippen molar-refractivity contribution in [3.05, 3.63) is 23.9 Å². The van der Waals surface area contributed by atoms with Gasteiger partial charge in [0.15, 0.2) is 0 Å². The molecule has 0 aromatic heterocycles. The van der Waals surface area contributed by atoms with E-state index in [1.165, 1.54) is 5.57 Å². The van der Waals surface area contributed by atoms with Crippen LogP contribution in [0.25, 0.3) is 0 Å². The Morgan fingerprint density at radius 1 is 1.62 bits per heavy atom. The minimum atomic E-state index is 0.245. The molecule has 0 aromatic rings. The molecule has 1 unspecified atom stereocenters. The molecule has 2 heteroatoms. The number of rotatable bonds is 0.